The first-order valence-electron chi connectivity index (χ1n) is 9.43. The predicted octanol–water partition coefficient (Wildman–Crippen LogP) is 1.51. The van der Waals surface area contributed by atoms with Crippen LogP contribution in [-0.4, -0.2) is 74.2 Å². The summed E-state index contributed by atoms with van der Waals surface area (Å²) < 4.78 is 27.1. The van der Waals surface area contributed by atoms with Crippen molar-refractivity contribution >= 4 is 15.9 Å². The standard InChI is InChI=1S/C19H28N4O3S/c1-3-9-22(10-4-2)19(24)16-21-11-13-23(14-12-21)27(25,26)18-8-6-5-7-17(18)15-20/h5-8H,3-4,9-14,16H2,1-2H3. The molecule has 0 N–H and O–H groups in total. The Labute approximate surface area is 162 Å². The highest BCUT2D eigenvalue weighted by Gasteiger charge is 2.31. The minimum Gasteiger partial charge on any atom is -0.342 e. The van der Waals surface area contributed by atoms with E-state index >= 15 is 0 Å². The number of hydrogen-bond acceptors (Lipinski definition) is 5. The molecule has 1 fully saturated rings. The van der Waals surface area contributed by atoms with Crippen LogP contribution in [0.1, 0.15) is 32.3 Å². The zero-order chi connectivity index (χ0) is 19.9. The zero-order valence-electron chi connectivity index (χ0n) is 16.1. The average Bonchev–Trinajstić information content (AvgIpc) is 2.68. The maximum Gasteiger partial charge on any atom is 0.244 e. The van der Waals surface area contributed by atoms with E-state index < -0.39 is 10.0 Å². The molecule has 2 rings (SSSR count). The summed E-state index contributed by atoms with van der Waals surface area (Å²) in [6.07, 6.45) is 1.85. The Kier molecular flexibility index (Phi) is 7.78. The number of piperazine rings is 1. The van der Waals surface area contributed by atoms with Crippen LogP contribution in [0.2, 0.25) is 0 Å². The van der Waals surface area contributed by atoms with Crippen molar-refractivity contribution in [1.29, 1.82) is 5.26 Å². The molecule has 7 nitrogen and oxygen atoms in total. The summed E-state index contributed by atoms with van der Waals surface area (Å²) in [6.45, 7) is 7.59. The molecular weight excluding hydrogens is 364 g/mol. The second-order valence-corrected chi connectivity index (χ2v) is 8.58. The molecule has 1 aliphatic heterocycles. The number of rotatable bonds is 8. The number of sulfonamides is 1. The van der Waals surface area contributed by atoms with Gasteiger partial charge in [-0.1, -0.05) is 26.0 Å². The van der Waals surface area contributed by atoms with Gasteiger partial charge in [0.2, 0.25) is 15.9 Å². The molecule has 8 heteroatoms. The van der Waals surface area contributed by atoms with Crippen LogP contribution >= 0.6 is 0 Å². The van der Waals surface area contributed by atoms with Crippen molar-refractivity contribution in [3.63, 3.8) is 0 Å². The molecule has 27 heavy (non-hydrogen) atoms. The molecule has 0 unspecified atom stereocenters. The van der Waals surface area contributed by atoms with E-state index in [1.54, 1.807) is 12.1 Å². The first-order valence-corrected chi connectivity index (χ1v) is 10.9. The van der Waals surface area contributed by atoms with Crippen LogP contribution in [0.3, 0.4) is 0 Å². The molecule has 0 saturated carbocycles. The SMILES string of the molecule is CCCN(CCC)C(=O)CN1CCN(S(=O)(=O)c2ccccc2C#N)CC1. The molecule has 148 valence electrons. The number of nitrogens with zero attached hydrogens (tertiary/aromatic N) is 4. The van der Waals surface area contributed by atoms with Crippen molar-refractivity contribution in [2.75, 3.05) is 45.8 Å². The van der Waals surface area contributed by atoms with Crippen molar-refractivity contribution in [1.82, 2.24) is 14.1 Å². The van der Waals surface area contributed by atoms with Crippen LogP contribution < -0.4 is 0 Å². The average molecular weight is 393 g/mol. The van der Waals surface area contributed by atoms with Crippen LogP contribution in [0.5, 0.6) is 0 Å². The molecule has 1 aromatic rings. The fourth-order valence-corrected chi connectivity index (χ4v) is 4.81. The van der Waals surface area contributed by atoms with Crippen LogP contribution in [0, 0.1) is 11.3 Å². The summed E-state index contributed by atoms with van der Waals surface area (Å²) >= 11 is 0. The van der Waals surface area contributed by atoms with Gasteiger partial charge in [-0.05, 0) is 25.0 Å². The third-order valence-corrected chi connectivity index (χ3v) is 6.61. The number of benzene rings is 1. The normalized spacial score (nSPS) is 16.0. The van der Waals surface area contributed by atoms with Gasteiger partial charge in [0.05, 0.1) is 17.0 Å². The fraction of sp³-hybridized carbons (Fsp3) is 0.579. The van der Waals surface area contributed by atoms with Gasteiger partial charge in [-0.2, -0.15) is 9.57 Å². The van der Waals surface area contributed by atoms with Crippen molar-refractivity contribution < 1.29 is 13.2 Å². The van der Waals surface area contributed by atoms with Crippen LogP contribution in [0.4, 0.5) is 0 Å². The first-order chi connectivity index (χ1) is 12.9. The summed E-state index contributed by atoms with van der Waals surface area (Å²) in [5, 5.41) is 9.18. The number of hydrogen-bond donors (Lipinski definition) is 0. The van der Waals surface area contributed by atoms with Crippen LogP contribution in [-0.2, 0) is 14.8 Å². The van der Waals surface area contributed by atoms with Crippen molar-refractivity contribution in [2.45, 2.75) is 31.6 Å². The van der Waals surface area contributed by atoms with E-state index in [2.05, 4.69) is 13.8 Å². The minimum atomic E-state index is -3.70. The number of carbonyl (C=O) groups excluding carboxylic acids is 1. The molecule has 1 heterocycles. The molecule has 0 radical (unpaired) electrons. The van der Waals surface area contributed by atoms with E-state index in [1.165, 1.54) is 16.4 Å². The van der Waals surface area contributed by atoms with Crippen LogP contribution in [0.15, 0.2) is 29.2 Å². The van der Waals surface area contributed by atoms with Gasteiger partial charge in [-0.25, -0.2) is 8.42 Å². The molecule has 0 aromatic heterocycles. The molecule has 0 bridgehead atoms. The van der Waals surface area contributed by atoms with E-state index in [-0.39, 0.29) is 16.4 Å². The maximum absolute atomic E-state index is 12.9. The summed E-state index contributed by atoms with van der Waals surface area (Å²) in [4.78, 5) is 16.4. The lowest BCUT2D eigenvalue weighted by atomic mass is 10.2. The Morgan fingerprint density at radius 3 is 2.26 bits per heavy atom. The summed E-state index contributed by atoms with van der Waals surface area (Å²) in [5.74, 6) is 0.102. The zero-order valence-corrected chi connectivity index (χ0v) is 16.9. The Morgan fingerprint density at radius 1 is 1.11 bits per heavy atom. The second-order valence-electron chi connectivity index (χ2n) is 6.67. The molecule has 0 spiro atoms. The number of nitriles is 1. The van der Waals surface area contributed by atoms with Crippen molar-refractivity contribution in [3.05, 3.63) is 29.8 Å². The second kappa shape index (κ2) is 9.83. The Balaban J connectivity index is 1.98. The third-order valence-electron chi connectivity index (χ3n) is 4.66. The highest BCUT2D eigenvalue weighted by atomic mass is 32.2. The van der Waals surface area contributed by atoms with E-state index in [9.17, 15) is 18.5 Å². The summed E-state index contributed by atoms with van der Waals surface area (Å²) in [6, 6.07) is 8.20. The lowest BCUT2D eigenvalue weighted by Gasteiger charge is -2.34. The van der Waals surface area contributed by atoms with Gasteiger partial charge in [0, 0.05) is 39.3 Å². The van der Waals surface area contributed by atoms with Gasteiger partial charge in [0.1, 0.15) is 6.07 Å². The van der Waals surface area contributed by atoms with Gasteiger partial charge in [0.25, 0.3) is 0 Å². The molecule has 0 aliphatic carbocycles. The highest BCUT2D eigenvalue weighted by molar-refractivity contribution is 7.89. The molecule has 1 amide bonds. The van der Waals surface area contributed by atoms with Crippen molar-refractivity contribution in [2.24, 2.45) is 0 Å². The van der Waals surface area contributed by atoms with E-state index in [4.69, 9.17) is 0 Å². The molecule has 0 atom stereocenters. The minimum absolute atomic E-state index is 0.0501. The lowest BCUT2D eigenvalue weighted by molar-refractivity contribution is -0.132. The summed E-state index contributed by atoms with van der Waals surface area (Å²) in [7, 11) is -3.70. The maximum atomic E-state index is 12.9. The Hall–Kier alpha value is -1.95. The molecule has 1 saturated heterocycles. The summed E-state index contributed by atoms with van der Waals surface area (Å²) in [5.41, 5.74) is 0.157. The lowest BCUT2D eigenvalue weighted by Crippen LogP contribution is -2.51. The molecule has 1 aromatic carbocycles. The highest BCUT2D eigenvalue weighted by Crippen LogP contribution is 2.21. The first kappa shape index (κ1) is 21.4. The number of carbonyl (C=O) groups is 1. The third kappa shape index (κ3) is 5.28. The van der Waals surface area contributed by atoms with Crippen molar-refractivity contribution in [3.8, 4) is 6.07 Å². The predicted molar refractivity (Wildman–Crippen MR) is 104 cm³/mol. The van der Waals surface area contributed by atoms with Crippen LogP contribution in [0.25, 0.3) is 0 Å². The van der Waals surface area contributed by atoms with E-state index in [1.807, 2.05) is 15.9 Å². The smallest absolute Gasteiger partial charge is 0.244 e. The van der Waals surface area contributed by atoms with E-state index in [0.717, 1.165) is 25.9 Å². The Morgan fingerprint density at radius 2 is 1.70 bits per heavy atom. The van der Waals surface area contributed by atoms with Gasteiger partial charge in [-0.3, -0.25) is 9.69 Å². The van der Waals surface area contributed by atoms with Gasteiger partial charge in [-0.15, -0.1) is 0 Å². The van der Waals surface area contributed by atoms with Gasteiger partial charge in [0.15, 0.2) is 0 Å². The fourth-order valence-electron chi connectivity index (χ4n) is 3.24. The van der Waals surface area contributed by atoms with Gasteiger partial charge >= 0.3 is 0 Å². The topological polar surface area (TPSA) is 84.7 Å². The monoisotopic (exact) mass is 392 g/mol. The quantitative estimate of drug-likeness (QED) is 0.670. The molecule has 1 aliphatic rings. The van der Waals surface area contributed by atoms with E-state index in [0.29, 0.717) is 32.7 Å². The van der Waals surface area contributed by atoms with Gasteiger partial charge < -0.3 is 4.90 Å². The number of amides is 1. The Bertz CT molecular complexity index is 774. The molecular formula is C19H28N4O3S. The largest absolute Gasteiger partial charge is 0.342 e.